The number of hydrogen-bond acceptors (Lipinski definition) is 4. The third kappa shape index (κ3) is 7.18. The van der Waals surface area contributed by atoms with Crippen LogP contribution in [0.15, 0.2) is 59.9 Å². The van der Waals surface area contributed by atoms with Crippen LogP contribution in [0, 0.1) is 5.92 Å². The number of carboxylic acids is 1. The van der Waals surface area contributed by atoms with Crippen LogP contribution in [0.3, 0.4) is 0 Å². The summed E-state index contributed by atoms with van der Waals surface area (Å²) in [5.41, 5.74) is 3.92. The first-order valence-electron chi connectivity index (χ1n) is 9.70. The summed E-state index contributed by atoms with van der Waals surface area (Å²) in [6, 6.07) is 9.40. The third-order valence-corrected chi connectivity index (χ3v) is 4.85. The van der Waals surface area contributed by atoms with E-state index in [4.69, 9.17) is 9.84 Å². The van der Waals surface area contributed by atoms with Gasteiger partial charge in [0, 0.05) is 12.3 Å². The number of allylic oxidation sites excluding steroid dienone is 2. The quantitative estimate of drug-likeness (QED) is 0.444. The smallest absolute Gasteiger partial charge is 0.307 e. The Morgan fingerprint density at radius 2 is 2.07 bits per heavy atom. The van der Waals surface area contributed by atoms with Crippen molar-refractivity contribution in [2.24, 2.45) is 5.92 Å². The SMILES string of the molecule is CC(Oc1ccccc1)C(O)CCC1=CCC(=O)[C@@H]1CCC=C=CCC(=O)O. The zero-order valence-corrected chi connectivity index (χ0v) is 16.2. The molecule has 2 rings (SSSR count). The normalized spacial score (nSPS) is 18.0. The molecule has 0 heterocycles. The molecule has 1 aliphatic rings. The van der Waals surface area contributed by atoms with Gasteiger partial charge in [0.15, 0.2) is 0 Å². The molecule has 1 aliphatic carbocycles. The average Bonchev–Trinajstić information content (AvgIpc) is 3.02. The summed E-state index contributed by atoms with van der Waals surface area (Å²) >= 11 is 0. The van der Waals surface area contributed by atoms with Crippen molar-refractivity contribution in [2.75, 3.05) is 0 Å². The van der Waals surface area contributed by atoms with Gasteiger partial charge in [-0.25, -0.2) is 0 Å². The molecular weight excluding hydrogens is 356 g/mol. The van der Waals surface area contributed by atoms with Crippen molar-refractivity contribution in [3.05, 3.63) is 59.9 Å². The van der Waals surface area contributed by atoms with Gasteiger partial charge in [0.05, 0.1) is 12.5 Å². The van der Waals surface area contributed by atoms with E-state index in [2.05, 4.69) is 5.73 Å². The van der Waals surface area contributed by atoms with Crippen LogP contribution >= 0.6 is 0 Å². The molecule has 3 atom stereocenters. The lowest BCUT2D eigenvalue weighted by atomic mass is 9.91. The molecule has 0 bridgehead atoms. The van der Waals surface area contributed by atoms with Gasteiger partial charge < -0.3 is 14.9 Å². The van der Waals surface area contributed by atoms with Gasteiger partial charge in [-0.3, -0.25) is 9.59 Å². The highest BCUT2D eigenvalue weighted by molar-refractivity contribution is 5.88. The van der Waals surface area contributed by atoms with Crippen molar-refractivity contribution in [2.45, 2.75) is 57.7 Å². The summed E-state index contributed by atoms with van der Waals surface area (Å²) in [7, 11) is 0. The molecule has 150 valence electrons. The molecule has 0 radical (unpaired) electrons. The van der Waals surface area contributed by atoms with Crippen LogP contribution < -0.4 is 4.74 Å². The average molecular weight is 384 g/mol. The van der Waals surface area contributed by atoms with Crippen LogP contribution in [0.25, 0.3) is 0 Å². The molecule has 5 heteroatoms. The van der Waals surface area contributed by atoms with E-state index in [9.17, 15) is 14.7 Å². The van der Waals surface area contributed by atoms with Gasteiger partial charge >= 0.3 is 5.97 Å². The summed E-state index contributed by atoms with van der Waals surface area (Å²) in [6.07, 6.45) is 7.23. The van der Waals surface area contributed by atoms with Crippen molar-refractivity contribution in [3.8, 4) is 5.75 Å². The second-order valence-electron chi connectivity index (χ2n) is 6.99. The van der Waals surface area contributed by atoms with E-state index in [-0.39, 0.29) is 24.2 Å². The van der Waals surface area contributed by atoms with Crippen LogP contribution in [-0.2, 0) is 9.59 Å². The lowest BCUT2D eigenvalue weighted by molar-refractivity contribution is -0.136. The largest absolute Gasteiger partial charge is 0.488 e. The number of aliphatic hydroxyl groups is 1. The fourth-order valence-corrected chi connectivity index (χ4v) is 3.25. The molecule has 0 spiro atoms. The van der Waals surface area contributed by atoms with Crippen LogP contribution in [0.5, 0.6) is 5.75 Å². The lowest BCUT2D eigenvalue weighted by Crippen LogP contribution is -2.29. The molecule has 1 aromatic carbocycles. The maximum Gasteiger partial charge on any atom is 0.307 e. The monoisotopic (exact) mass is 384 g/mol. The Balaban J connectivity index is 1.79. The van der Waals surface area contributed by atoms with E-state index in [1.165, 1.54) is 6.08 Å². The van der Waals surface area contributed by atoms with Gasteiger partial charge in [-0.15, -0.1) is 5.73 Å². The highest BCUT2D eigenvalue weighted by atomic mass is 16.5. The summed E-state index contributed by atoms with van der Waals surface area (Å²) in [5, 5.41) is 19.0. The zero-order valence-electron chi connectivity index (χ0n) is 16.2. The molecule has 0 fully saturated rings. The summed E-state index contributed by atoms with van der Waals surface area (Å²) in [5.74, 6) is -0.0675. The van der Waals surface area contributed by atoms with Gasteiger partial charge in [0.1, 0.15) is 17.6 Å². The van der Waals surface area contributed by atoms with Crippen LogP contribution in [0.4, 0.5) is 0 Å². The van der Waals surface area contributed by atoms with Crippen molar-refractivity contribution < 1.29 is 24.5 Å². The zero-order chi connectivity index (χ0) is 20.4. The molecule has 0 aliphatic heterocycles. The number of rotatable bonds is 11. The number of Topliss-reactive ketones (excluding diaryl/α,β-unsaturated/α-hetero) is 1. The van der Waals surface area contributed by atoms with E-state index in [0.717, 1.165) is 11.3 Å². The standard InChI is InChI=1S/C23H28O5/c1-17(28-19-9-5-4-6-10-19)21(24)15-13-18-14-16-22(25)20(18)11-7-2-3-8-12-23(26)27/h2,4-6,8-10,14,17,20-21,24H,7,11-13,15-16H2,1H3,(H,26,27)/t3?,17?,20-,21?/m1/s1. The van der Waals surface area contributed by atoms with E-state index >= 15 is 0 Å². The number of para-hydroxylation sites is 1. The van der Waals surface area contributed by atoms with Gasteiger partial charge in [-0.2, -0.15) is 0 Å². The minimum Gasteiger partial charge on any atom is -0.488 e. The first kappa shape index (κ1) is 21.7. The number of benzene rings is 1. The number of aliphatic hydroxyl groups excluding tert-OH is 1. The maximum atomic E-state index is 12.2. The Labute approximate surface area is 166 Å². The fourth-order valence-electron chi connectivity index (χ4n) is 3.25. The molecule has 28 heavy (non-hydrogen) atoms. The van der Waals surface area contributed by atoms with E-state index in [1.807, 2.05) is 43.3 Å². The van der Waals surface area contributed by atoms with Gasteiger partial charge in [0.2, 0.25) is 0 Å². The fraction of sp³-hybridized carbons (Fsp3) is 0.435. The molecule has 0 aromatic heterocycles. The summed E-state index contributed by atoms with van der Waals surface area (Å²) in [4.78, 5) is 22.6. The molecule has 5 nitrogen and oxygen atoms in total. The summed E-state index contributed by atoms with van der Waals surface area (Å²) in [6.45, 7) is 1.84. The highest BCUT2D eigenvalue weighted by Gasteiger charge is 2.27. The Morgan fingerprint density at radius 3 is 2.79 bits per heavy atom. The molecule has 0 saturated carbocycles. The minimum atomic E-state index is -0.888. The van der Waals surface area contributed by atoms with Crippen LogP contribution in [0.1, 0.15) is 45.4 Å². The second kappa shape index (κ2) is 11.3. The number of ether oxygens (including phenoxy) is 1. The molecule has 1 aromatic rings. The van der Waals surface area contributed by atoms with Gasteiger partial charge in [0.25, 0.3) is 0 Å². The Kier molecular flexibility index (Phi) is 8.73. The van der Waals surface area contributed by atoms with Crippen molar-refractivity contribution in [3.63, 3.8) is 0 Å². The maximum absolute atomic E-state index is 12.2. The Bertz CT molecular complexity index is 744. The molecule has 2 unspecified atom stereocenters. The summed E-state index contributed by atoms with van der Waals surface area (Å²) < 4.78 is 5.76. The molecule has 0 saturated heterocycles. The molecule has 0 amide bonds. The predicted octanol–water partition coefficient (Wildman–Crippen LogP) is 4.08. The number of hydrogen-bond donors (Lipinski definition) is 2. The first-order chi connectivity index (χ1) is 13.5. The Hall–Kier alpha value is -2.62. The van der Waals surface area contributed by atoms with Crippen molar-refractivity contribution in [1.82, 2.24) is 0 Å². The molecular formula is C23H28O5. The minimum absolute atomic E-state index is 0.0505. The van der Waals surface area contributed by atoms with Gasteiger partial charge in [-0.05, 0) is 56.9 Å². The highest BCUT2D eigenvalue weighted by Crippen LogP contribution is 2.31. The van der Waals surface area contributed by atoms with Crippen LogP contribution in [-0.4, -0.2) is 34.2 Å². The van der Waals surface area contributed by atoms with E-state index in [0.29, 0.717) is 32.1 Å². The number of carbonyl (C=O) groups excluding carboxylic acids is 1. The Morgan fingerprint density at radius 1 is 1.32 bits per heavy atom. The van der Waals surface area contributed by atoms with Crippen molar-refractivity contribution >= 4 is 11.8 Å². The van der Waals surface area contributed by atoms with Crippen LogP contribution in [0.2, 0.25) is 0 Å². The number of carbonyl (C=O) groups is 2. The molecule has 2 N–H and O–H groups in total. The number of carboxylic acid groups (broad SMARTS) is 1. The van der Waals surface area contributed by atoms with E-state index in [1.54, 1.807) is 6.08 Å². The first-order valence-corrected chi connectivity index (χ1v) is 9.70. The van der Waals surface area contributed by atoms with Crippen molar-refractivity contribution in [1.29, 1.82) is 0 Å². The lowest BCUT2D eigenvalue weighted by Gasteiger charge is -2.21. The predicted molar refractivity (Wildman–Crippen MR) is 107 cm³/mol. The third-order valence-electron chi connectivity index (χ3n) is 4.85. The topological polar surface area (TPSA) is 83.8 Å². The van der Waals surface area contributed by atoms with Gasteiger partial charge in [-0.1, -0.05) is 29.8 Å². The van der Waals surface area contributed by atoms with E-state index < -0.39 is 12.1 Å². The number of aliphatic carboxylic acids is 1. The second-order valence-corrected chi connectivity index (χ2v) is 6.99. The number of ketones is 1.